The molecule has 6 N–H and O–H groups in total. The first kappa shape index (κ1) is 22.5. The molecule has 7 atom stereocenters. The van der Waals surface area contributed by atoms with E-state index in [9.17, 15) is 13.2 Å². The summed E-state index contributed by atoms with van der Waals surface area (Å²) in [6.45, 7) is 3.91. The van der Waals surface area contributed by atoms with Crippen molar-refractivity contribution in [3.63, 3.8) is 0 Å². The van der Waals surface area contributed by atoms with Gasteiger partial charge in [-0.1, -0.05) is 0 Å². The zero-order chi connectivity index (χ0) is 20.3. The van der Waals surface area contributed by atoms with Crippen LogP contribution in [0.3, 0.4) is 0 Å². The smallest absolute Gasteiger partial charge is 0.373 e. The molecule has 0 aromatic carbocycles. The molecule has 6 unspecified atom stereocenters. The Labute approximate surface area is 169 Å². The maximum absolute atomic E-state index is 13.4. The number of rotatable bonds is 6. The van der Waals surface area contributed by atoms with Crippen molar-refractivity contribution in [2.45, 2.75) is 55.7 Å². The second kappa shape index (κ2) is 9.76. The molecule has 2 heterocycles. The minimum Gasteiger partial charge on any atom is -0.373 e. The van der Waals surface area contributed by atoms with Crippen LogP contribution < -0.4 is 22.1 Å². The predicted molar refractivity (Wildman–Crippen MR) is 103 cm³/mol. The van der Waals surface area contributed by atoms with Crippen LogP contribution in [-0.2, 0) is 4.74 Å². The summed E-state index contributed by atoms with van der Waals surface area (Å²) >= 11 is 6.00. The Balaban J connectivity index is 1.66. The van der Waals surface area contributed by atoms with Gasteiger partial charge in [0, 0.05) is 31.6 Å². The first-order valence-electron chi connectivity index (χ1n) is 10.3. The number of hydrogen-bond donors (Lipinski definition) is 4. The molecular weight excluding hydrogens is 395 g/mol. The fraction of sp³-hybridized carbons (Fsp3) is 1.00. The van der Waals surface area contributed by atoms with Gasteiger partial charge in [-0.05, 0) is 44.1 Å². The molecule has 2 aliphatic heterocycles. The lowest BCUT2D eigenvalue weighted by atomic mass is 9.78. The Kier molecular flexibility index (Phi) is 7.86. The van der Waals surface area contributed by atoms with Crippen molar-refractivity contribution in [3.05, 3.63) is 0 Å². The van der Waals surface area contributed by atoms with E-state index in [1.165, 1.54) is 0 Å². The third-order valence-electron chi connectivity index (χ3n) is 6.43. The Morgan fingerprint density at radius 3 is 2.61 bits per heavy atom. The van der Waals surface area contributed by atoms with Crippen molar-refractivity contribution >= 4 is 11.6 Å². The van der Waals surface area contributed by atoms with Crippen LogP contribution in [0, 0.1) is 17.8 Å². The summed E-state index contributed by atoms with van der Waals surface area (Å²) in [4.78, 5) is 2.32. The minimum atomic E-state index is -4.25. The van der Waals surface area contributed by atoms with Crippen molar-refractivity contribution in [2.75, 3.05) is 39.3 Å². The van der Waals surface area contributed by atoms with Crippen molar-refractivity contribution in [1.82, 2.24) is 15.5 Å². The minimum absolute atomic E-state index is 0.0487. The van der Waals surface area contributed by atoms with Crippen LogP contribution >= 0.6 is 11.6 Å². The summed E-state index contributed by atoms with van der Waals surface area (Å²) in [5.74, 6) is -1.12. The molecule has 0 aromatic heterocycles. The maximum atomic E-state index is 13.4. The molecule has 3 fully saturated rings. The fourth-order valence-corrected chi connectivity index (χ4v) is 5.20. The third kappa shape index (κ3) is 5.30. The second-order valence-electron chi connectivity index (χ2n) is 8.32. The van der Waals surface area contributed by atoms with Crippen LogP contribution in [0.2, 0.25) is 0 Å². The molecule has 2 saturated heterocycles. The Morgan fingerprint density at radius 2 is 1.96 bits per heavy atom. The lowest BCUT2D eigenvalue weighted by Crippen LogP contribution is -2.69. The Hall–Kier alpha value is -0.160. The molecule has 0 radical (unpaired) electrons. The molecule has 3 rings (SSSR count). The normalized spacial score (nSPS) is 40.7. The molecule has 3 aliphatic rings. The van der Waals surface area contributed by atoms with Crippen LogP contribution in [-0.4, -0.2) is 74.2 Å². The lowest BCUT2D eigenvalue weighted by Gasteiger charge is -2.47. The van der Waals surface area contributed by atoms with Crippen molar-refractivity contribution < 1.29 is 17.9 Å². The highest BCUT2D eigenvalue weighted by atomic mass is 35.5. The summed E-state index contributed by atoms with van der Waals surface area (Å²) in [7, 11) is 0. The number of alkyl halides is 4. The molecule has 164 valence electrons. The van der Waals surface area contributed by atoms with Gasteiger partial charge in [0.1, 0.15) is 0 Å². The van der Waals surface area contributed by atoms with Crippen molar-refractivity contribution in [1.29, 1.82) is 0 Å². The summed E-state index contributed by atoms with van der Waals surface area (Å²) in [6, 6.07) is 0. The van der Waals surface area contributed by atoms with Crippen LogP contribution in [0.25, 0.3) is 0 Å². The van der Waals surface area contributed by atoms with E-state index in [4.69, 9.17) is 27.8 Å². The van der Waals surface area contributed by atoms with Gasteiger partial charge < -0.3 is 16.2 Å². The first-order chi connectivity index (χ1) is 13.3. The molecule has 0 amide bonds. The highest BCUT2D eigenvalue weighted by Gasteiger charge is 2.49. The van der Waals surface area contributed by atoms with E-state index < -0.39 is 17.5 Å². The molecule has 0 spiro atoms. The largest absolute Gasteiger partial charge is 0.393 e. The molecule has 0 bridgehead atoms. The van der Waals surface area contributed by atoms with Gasteiger partial charge in [-0.15, -0.1) is 11.6 Å². The number of likely N-dealkylation sites (tertiary alicyclic amines) is 1. The van der Waals surface area contributed by atoms with Crippen LogP contribution in [0.1, 0.15) is 25.7 Å². The van der Waals surface area contributed by atoms with E-state index in [0.29, 0.717) is 45.0 Å². The number of nitrogens with two attached hydrogens (primary N) is 2. The number of ether oxygens (including phenoxy) is 1. The maximum Gasteiger partial charge on any atom is 0.393 e. The number of nitrogens with one attached hydrogen (secondary N) is 2. The third-order valence-corrected chi connectivity index (χ3v) is 6.96. The molecular formula is C18H33ClF3N5O. The lowest BCUT2D eigenvalue weighted by molar-refractivity contribution is -0.186. The summed E-state index contributed by atoms with van der Waals surface area (Å²) in [6.07, 6.45) is -2.45. The molecule has 1 saturated carbocycles. The van der Waals surface area contributed by atoms with E-state index in [0.717, 1.165) is 19.5 Å². The topological polar surface area (TPSA) is 88.6 Å². The molecule has 6 nitrogen and oxygen atoms in total. The van der Waals surface area contributed by atoms with Gasteiger partial charge in [-0.25, -0.2) is 0 Å². The van der Waals surface area contributed by atoms with Gasteiger partial charge in [0.2, 0.25) is 0 Å². The van der Waals surface area contributed by atoms with Crippen molar-refractivity contribution in [3.8, 4) is 0 Å². The van der Waals surface area contributed by atoms with Gasteiger partial charge in [-0.3, -0.25) is 15.5 Å². The SMILES string of the molecule is NCCOC1CNC(C2CCC(Cl)C(C(F)(F)F)C2)NC1N1CC[C@@H](CN)C1. The van der Waals surface area contributed by atoms with Gasteiger partial charge in [0.05, 0.1) is 31.0 Å². The summed E-state index contributed by atoms with van der Waals surface area (Å²) in [5, 5.41) is 6.09. The fourth-order valence-electron chi connectivity index (χ4n) is 4.83. The standard InChI is InChI=1S/C18H33ClF3N5O/c19-14-2-1-12(7-13(14)18(20,21)22)16-25-9-15(28-6-4-23)17(26-16)27-5-3-11(8-24)10-27/h11-17,25-26H,1-10,23-24H2/t11-,12?,13?,14?,15?,16?,17?/m0/s1. The highest BCUT2D eigenvalue weighted by Crippen LogP contribution is 2.43. The zero-order valence-corrected chi connectivity index (χ0v) is 16.9. The number of nitrogens with zero attached hydrogens (tertiary/aromatic N) is 1. The van der Waals surface area contributed by atoms with E-state index >= 15 is 0 Å². The molecule has 1 aliphatic carbocycles. The second-order valence-corrected chi connectivity index (χ2v) is 8.88. The average Bonchev–Trinajstić information content (AvgIpc) is 3.15. The van der Waals surface area contributed by atoms with Crippen LogP contribution in [0.4, 0.5) is 13.2 Å². The van der Waals surface area contributed by atoms with E-state index in [2.05, 4.69) is 15.5 Å². The zero-order valence-electron chi connectivity index (χ0n) is 16.1. The van der Waals surface area contributed by atoms with E-state index in [-0.39, 0.29) is 30.8 Å². The van der Waals surface area contributed by atoms with Crippen LogP contribution in [0.15, 0.2) is 0 Å². The van der Waals surface area contributed by atoms with Gasteiger partial charge in [0.25, 0.3) is 0 Å². The summed E-state index contributed by atoms with van der Waals surface area (Å²) in [5.41, 5.74) is 11.4. The van der Waals surface area contributed by atoms with E-state index in [1.807, 2.05) is 0 Å². The molecule has 28 heavy (non-hydrogen) atoms. The number of halogens is 4. The monoisotopic (exact) mass is 427 g/mol. The van der Waals surface area contributed by atoms with Gasteiger partial charge in [-0.2, -0.15) is 13.2 Å². The average molecular weight is 428 g/mol. The van der Waals surface area contributed by atoms with E-state index in [1.54, 1.807) is 0 Å². The molecule has 10 heteroatoms. The van der Waals surface area contributed by atoms with Crippen molar-refractivity contribution in [2.24, 2.45) is 29.2 Å². The quantitative estimate of drug-likeness (QED) is 0.474. The Morgan fingerprint density at radius 1 is 1.18 bits per heavy atom. The predicted octanol–water partition coefficient (Wildman–Crippen LogP) is 1.04. The van der Waals surface area contributed by atoms with Gasteiger partial charge in [0.15, 0.2) is 0 Å². The van der Waals surface area contributed by atoms with Crippen LogP contribution in [0.5, 0.6) is 0 Å². The highest BCUT2D eigenvalue weighted by molar-refractivity contribution is 6.20. The first-order valence-corrected chi connectivity index (χ1v) is 10.7. The number of hydrogen-bond acceptors (Lipinski definition) is 6. The van der Waals surface area contributed by atoms with Gasteiger partial charge >= 0.3 is 6.18 Å². The molecule has 0 aromatic rings. The summed E-state index contributed by atoms with van der Waals surface area (Å²) < 4.78 is 46.0. The Bertz CT molecular complexity index is 498.